The van der Waals surface area contributed by atoms with Crippen LogP contribution in [0.4, 0.5) is 0 Å². The molecule has 26 heavy (non-hydrogen) atoms. The fraction of sp³-hybridized carbons (Fsp3) is 0.238. The summed E-state index contributed by atoms with van der Waals surface area (Å²) in [6, 6.07) is 21.6. The van der Waals surface area contributed by atoms with Crippen LogP contribution in [0.2, 0.25) is 0 Å². The minimum absolute atomic E-state index is 0.0930. The van der Waals surface area contributed by atoms with Gasteiger partial charge in [0.25, 0.3) is 5.91 Å². The first kappa shape index (κ1) is 17.9. The van der Waals surface area contributed by atoms with E-state index < -0.39 is 0 Å². The highest BCUT2D eigenvalue weighted by molar-refractivity contribution is 5.92. The van der Waals surface area contributed by atoms with Gasteiger partial charge in [-0.15, -0.1) is 0 Å². The third kappa shape index (κ3) is 4.80. The Bertz CT molecular complexity index is 831. The molecule has 0 bridgehead atoms. The molecule has 0 aliphatic rings. The summed E-state index contributed by atoms with van der Waals surface area (Å²) in [6.07, 6.45) is 0. The van der Waals surface area contributed by atoms with Crippen LogP contribution in [0.3, 0.4) is 0 Å². The maximum atomic E-state index is 12.4. The number of hydrogen-bond donors (Lipinski definition) is 1. The van der Waals surface area contributed by atoms with Crippen LogP contribution < -0.4 is 5.32 Å². The zero-order valence-corrected chi connectivity index (χ0v) is 15.1. The van der Waals surface area contributed by atoms with E-state index in [1.54, 1.807) is 6.07 Å². The Morgan fingerprint density at radius 1 is 1.08 bits per heavy atom. The molecule has 1 amide bonds. The van der Waals surface area contributed by atoms with Gasteiger partial charge in [-0.2, -0.15) is 0 Å². The van der Waals surface area contributed by atoms with Crippen molar-refractivity contribution in [3.05, 3.63) is 89.3 Å². The Balaban J connectivity index is 1.56. The maximum absolute atomic E-state index is 12.4. The Morgan fingerprint density at radius 2 is 1.73 bits per heavy atom. The summed E-state index contributed by atoms with van der Waals surface area (Å²) in [5, 5.41) is 6.85. The van der Waals surface area contributed by atoms with Gasteiger partial charge in [0.2, 0.25) is 0 Å². The summed E-state index contributed by atoms with van der Waals surface area (Å²) >= 11 is 0. The highest BCUT2D eigenvalue weighted by Gasteiger charge is 2.16. The quantitative estimate of drug-likeness (QED) is 0.705. The van der Waals surface area contributed by atoms with E-state index in [-0.39, 0.29) is 11.9 Å². The van der Waals surface area contributed by atoms with Gasteiger partial charge in [-0.1, -0.05) is 65.8 Å². The van der Waals surface area contributed by atoms with Crippen LogP contribution in [-0.4, -0.2) is 23.0 Å². The summed E-state index contributed by atoms with van der Waals surface area (Å²) < 4.78 is 5.33. The Hall–Kier alpha value is -2.92. The molecule has 134 valence electrons. The van der Waals surface area contributed by atoms with Gasteiger partial charge in [-0.25, -0.2) is 0 Å². The van der Waals surface area contributed by atoms with Gasteiger partial charge in [0.1, 0.15) is 0 Å². The second kappa shape index (κ2) is 8.45. The first-order chi connectivity index (χ1) is 12.6. The second-order valence-electron chi connectivity index (χ2n) is 6.44. The first-order valence-corrected chi connectivity index (χ1v) is 8.65. The average Bonchev–Trinajstić information content (AvgIpc) is 3.11. The fourth-order valence-electron chi connectivity index (χ4n) is 2.81. The van der Waals surface area contributed by atoms with Gasteiger partial charge in [-0.05, 0) is 25.1 Å². The molecule has 1 atom stereocenters. The van der Waals surface area contributed by atoms with Gasteiger partial charge in [0.15, 0.2) is 11.5 Å². The van der Waals surface area contributed by atoms with E-state index in [4.69, 9.17) is 4.52 Å². The van der Waals surface area contributed by atoms with Gasteiger partial charge in [0, 0.05) is 12.6 Å². The number of benzene rings is 2. The molecule has 3 rings (SSSR count). The number of carbonyl (C=O) groups excluding carboxylic acids is 1. The van der Waals surface area contributed by atoms with Gasteiger partial charge in [0.05, 0.1) is 12.6 Å². The molecule has 0 aliphatic carbocycles. The normalized spacial score (nSPS) is 12.1. The molecule has 0 radical (unpaired) electrons. The van der Waals surface area contributed by atoms with Crippen LogP contribution in [0, 0.1) is 0 Å². The highest BCUT2D eigenvalue weighted by atomic mass is 16.5. The third-order valence-corrected chi connectivity index (χ3v) is 4.16. The van der Waals surface area contributed by atoms with Gasteiger partial charge < -0.3 is 9.84 Å². The lowest BCUT2D eigenvalue weighted by Crippen LogP contribution is -2.26. The van der Waals surface area contributed by atoms with Crippen molar-refractivity contribution in [3.8, 4) is 0 Å². The van der Waals surface area contributed by atoms with Crippen molar-refractivity contribution < 1.29 is 9.32 Å². The molecule has 0 fully saturated rings. The molecule has 0 unspecified atom stereocenters. The number of carbonyl (C=O) groups is 1. The third-order valence-electron chi connectivity index (χ3n) is 4.16. The summed E-state index contributed by atoms with van der Waals surface area (Å²) in [7, 11) is 2.01. The van der Waals surface area contributed by atoms with Crippen LogP contribution in [0.25, 0.3) is 0 Å². The second-order valence-corrected chi connectivity index (χ2v) is 6.44. The van der Waals surface area contributed by atoms with E-state index in [1.807, 2.05) is 62.5 Å². The van der Waals surface area contributed by atoms with Crippen LogP contribution in [0.5, 0.6) is 0 Å². The molecular weight excluding hydrogens is 326 g/mol. The summed E-state index contributed by atoms with van der Waals surface area (Å²) in [5.74, 6) is 0.433. The Kier molecular flexibility index (Phi) is 5.81. The lowest BCUT2D eigenvalue weighted by Gasteiger charge is -2.14. The molecule has 2 aromatic carbocycles. The zero-order chi connectivity index (χ0) is 18.4. The largest absolute Gasteiger partial charge is 0.359 e. The topological polar surface area (TPSA) is 58.4 Å². The van der Waals surface area contributed by atoms with Crippen molar-refractivity contribution in [1.82, 2.24) is 15.4 Å². The smallest absolute Gasteiger partial charge is 0.273 e. The van der Waals surface area contributed by atoms with Gasteiger partial charge in [-0.3, -0.25) is 9.69 Å². The van der Waals surface area contributed by atoms with Crippen molar-refractivity contribution in [2.24, 2.45) is 0 Å². The predicted molar refractivity (Wildman–Crippen MR) is 100 cm³/mol. The summed E-state index contributed by atoms with van der Waals surface area (Å²) in [4.78, 5) is 14.5. The Morgan fingerprint density at radius 3 is 2.42 bits per heavy atom. The molecule has 1 N–H and O–H groups in total. The van der Waals surface area contributed by atoms with E-state index in [9.17, 15) is 4.79 Å². The molecule has 1 heterocycles. The molecule has 1 aromatic heterocycles. The van der Waals surface area contributed by atoms with Crippen LogP contribution in [-0.2, 0) is 13.1 Å². The van der Waals surface area contributed by atoms with Crippen molar-refractivity contribution in [1.29, 1.82) is 0 Å². The lowest BCUT2D eigenvalue weighted by atomic mass is 10.1. The molecular formula is C21H23N3O2. The average molecular weight is 349 g/mol. The first-order valence-electron chi connectivity index (χ1n) is 8.65. The highest BCUT2D eigenvalue weighted by Crippen LogP contribution is 2.14. The number of nitrogens with zero attached hydrogens (tertiary/aromatic N) is 2. The number of amides is 1. The van der Waals surface area contributed by atoms with Crippen molar-refractivity contribution >= 4 is 5.91 Å². The van der Waals surface area contributed by atoms with E-state index in [0.717, 1.165) is 12.1 Å². The molecule has 0 spiro atoms. The van der Waals surface area contributed by atoms with Crippen LogP contribution >= 0.6 is 0 Å². The molecule has 5 nitrogen and oxygen atoms in total. The standard InChI is InChI=1S/C21H23N3O2/c1-16(18-11-7-4-8-12-18)22-21(25)20-13-19(26-23-20)15-24(2)14-17-9-5-3-6-10-17/h3-13,16H,14-15H2,1-2H3,(H,22,25)/t16-/m1/s1. The van der Waals surface area contributed by atoms with Crippen molar-refractivity contribution in [3.63, 3.8) is 0 Å². The number of nitrogens with one attached hydrogen (secondary N) is 1. The van der Waals surface area contributed by atoms with Crippen molar-refractivity contribution in [2.45, 2.75) is 26.1 Å². The minimum atomic E-state index is -0.234. The van der Waals surface area contributed by atoms with Gasteiger partial charge >= 0.3 is 0 Å². The Labute approximate surface area is 153 Å². The molecule has 5 heteroatoms. The molecule has 0 saturated heterocycles. The van der Waals surface area contributed by atoms with Crippen LogP contribution in [0.15, 0.2) is 71.3 Å². The summed E-state index contributed by atoms with van der Waals surface area (Å²) in [5.41, 5.74) is 2.58. The predicted octanol–water partition coefficient (Wildman–Crippen LogP) is 3.80. The van der Waals surface area contributed by atoms with E-state index in [2.05, 4.69) is 27.5 Å². The molecule has 0 saturated carbocycles. The maximum Gasteiger partial charge on any atom is 0.273 e. The van der Waals surface area contributed by atoms with E-state index >= 15 is 0 Å². The summed E-state index contributed by atoms with van der Waals surface area (Å²) in [6.45, 7) is 3.33. The minimum Gasteiger partial charge on any atom is -0.359 e. The monoisotopic (exact) mass is 349 g/mol. The number of hydrogen-bond acceptors (Lipinski definition) is 4. The number of aromatic nitrogens is 1. The fourth-order valence-corrected chi connectivity index (χ4v) is 2.81. The van der Waals surface area contributed by atoms with E-state index in [1.165, 1.54) is 5.56 Å². The zero-order valence-electron chi connectivity index (χ0n) is 15.1. The molecule has 3 aromatic rings. The SMILES string of the molecule is C[C@@H](NC(=O)c1cc(CN(C)Cc2ccccc2)on1)c1ccccc1. The van der Waals surface area contributed by atoms with E-state index in [0.29, 0.717) is 18.0 Å². The van der Waals surface area contributed by atoms with Crippen LogP contribution in [0.1, 0.15) is 40.3 Å². The van der Waals surface area contributed by atoms with Crippen molar-refractivity contribution in [2.75, 3.05) is 7.05 Å². The number of rotatable bonds is 7. The lowest BCUT2D eigenvalue weighted by molar-refractivity contribution is 0.0930. The molecule has 0 aliphatic heterocycles.